The van der Waals surface area contributed by atoms with E-state index in [0.717, 1.165) is 25.0 Å². The second-order valence-electron chi connectivity index (χ2n) is 6.23. The van der Waals surface area contributed by atoms with Crippen molar-refractivity contribution in [2.75, 3.05) is 20.1 Å². The maximum Gasteiger partial charge on any atom is 0.191 e. The van der Waals surface area contributed by atoms with Gasteiger partial charge < -0.3 is 10.6 Å². The van der Waals surface area contributed by atoms with E-state index >= 15 is 0 Å². The van der Waals surface area contributed by atoms with Crippen LogP contribution in [0.4, 0.5) is 0 Å². The van der Waals surface area contributed by atoms with E-state index in [1.807, 2.05) is 7.05 Å². The molecule has 2 N–H and O–H groups in total. The summed E-state index contributed by atoms with van der Waals surface area (Å²) in [6, 6.07) is 10.9. The SMILES string of the molecule is CN=C(NCCC1CC1)NCC1(c2ccccc2)CC1.I. The van der Waals surface area contributed by atoms with Gasteiger partial charge >= 0.3 is 0 Å². The Kier molecular flexibility index (Phi) is 5.90. The van der Waals surface area contributed by atoms with Gasteiger partial charge in [-0.05, 0) is 30.7 Å². The molecule has 21 heavy (non-hydrogen) atoms. The van der Waals surface area contributed by atoms with Gasteiger partial charge in [0.1, 0.15) is 0 Å². The standard InChI is InChI=1S/C17H25N3.HI/c1-18-16(19-12-9-14-7-8-14)20-13-17(10-11-17)15-5-3-2-4-6-15;/h2-6,14H,7-13H2,1H3,(H2,18,19,20);1H. The number of hydrogen-bond donors (Lipinski definition) is 2. The molecule has 1 aromatic rings. The molecule has 3 nitrogen and oxygen atoms in total. The van der Waals surface area contributed by atoms with Crippen LogP contribution in [0.2, 0.25) is 0 Å². The first-order chi connectivity index (χ1) is 9.82. The molecule has 2 saturated carbocycles. The Hall–Kier alpha value is -0.780. The smallest absolute Gasteiger partial charge is 0.191 e. The molecule has 3 rings (SSSR count). The average molecular weight is 399 g/mol. The van der Waals surface area contributed by atoms with Gasteiger partial charge in [0.05, 0.1) is 0 Å². The number of benzene rings is 1. The second kappa shape index (κ2) is 7.47. The molecule has 0 spiro atoms. The van der Waals surface area contributed by atoms with Crippen LogP contribution in [0.5, 0.6) is 0 Å². The summed E-state index contributed by atoms with van der Waals surface area (Å²) < 4.78 is 0. The third-order valence-electron chi connectivity index (χ3n) is 4.60. The first kappa shape index (κ1) is 16.6. The van der Waals surface area contributed by atoms with E-state index in [0.29, 0.717) is 5.41 Å². The summed E-state index contributed by atoms with van der Waals surface area (Å²) in [5.41, 5.74) is 1.80. The highest BCUT2D eigenvalue weighted by Gasteiger charge is 2.43. The van der Waals surface area contributed by atoms with E-state index in [4.69, 9.17) is 0 Å². The largest absolute Gasteiger partial charge is 0.356 e. The van der Waals surface area contributed by atoms with Gasteiger partial charge in [-0.1, -0.05) is 43.2 Å². The van der Waals surface area contributed by atoms with Crippen LogP contribution in [0, 0.1) is 5.92 Å². The van der Waals surface area contributed by atoms with Gasteiger partial charge in [0, 0.05) is 25.6 Å². The molecule has 0 unspecified atom stereocenters. The molecule has 2 aliphatic carbocycles. The molecule has 0 heterocycles. The van der Waals surface area contributed by atoms with Crippen molar-refractivity contribution in [1.82, 2.24) is 10.6 Å². The van der Waals surface area contributed by atoms with Gasteiger partial charge in [0.25, 0.3) is 0 Å². The van der Waals surface area contributed by atoms with Crippen LogP contribution in [-0.4, -0.2) is 26.1 Å². The highest BCUT2D eigenvalue weighted by atomic mass is 127. The van der Waals surface area contributed by atoms with Crippen molar-refractivity contribution in [2.45, 2.75) is 37.5 Å². The minimum atomic E-state index is 0. The predicted molar refractivity (Wildman–Crippen MR) is 99.5 cm³/mol. The molecule has 0 atom stereocenters. The topological polar surface area (TPSA) is 36.4 Å². The van der Waals surface area contributed by atoms with Crippen molar-refractivity contribution < 1.29 is 0 Å². The fourth-order valence-corrected chi connectivity index (χ4v) is 2.78. The van der Waals surface area contributed by atoms with Crippen molar-refractivity contribution >= 4 is 29.9 Å². The van der Waals surface area contributed by atoms with Gasteiger partial charge in [-0.3, -0.25) is 4.99 Å². The third kappa shape index (κ3) is 4.59. The zero-order chi connectivity index (χ0) is 13.8. The number of rotatable bonds is 6. The van der Waals surface area contributed by atoms with Crippen LogP contribution in [0.25, 0.3) is 0 Å². The second-order valence-corrected chi connectivity index (χ2v) is 6.23. The van der Waals surface area contributed by atoms with Crippen LogP contribution in [-0.2, 0) is 5.41 Å². The number of nitrogens with zero attached hydrogens (tertiary/aromatic N) is 1. The summed E-state index contributed by atoms with van der Waals surface area (Å²) in [6.07, 6.45) is 6.69. The van der Waals surface area contributed by atoms with Crippen molar-refractivity contribution in [3.63, 3.8) is 0 Å². The van der Waals surface area contributed by atoms with Crippen LogP contribution in [0.3, 0.4) is 0 Å². The summed E-state index contributed by atoms with van der Waals surface area (Å²) in [6.45, 7) is 2.03. The lowest BCUT2D eigenvalue weighted by Gasteiger charge is -2.19. The molecule has 0 saturated heterocycles. The Bertz CT molecular complexity index is 464. The highest BCUT2D eigenvalue weighted by Crippen LogP contribution is 2.47. The van der Waals surface area contributed by atoms with E-state index in [1.54, 1.807) is 0 Å². The van der Waals surface area contributed by atoms with E-state index in [-0.39, 0.29) is 24.0 Å². The van der Waals surface area contributed by atoms with Crippen molar-refractivity contribution in [1.29, 1.82) is 0 Å². The quantitative estimate of drug-likeness (QED) is 0.438. The molecule has 0 aromatic heterocycles. The van der Waals surface area contributed by atoms with Gasteiger partial charge in [0.2, 0.25) is 0 Å². The fourth-order valence-electron chi connectivity index (χ4n) is 2.78. The number of halogens is 1. The van der Waals surface area contributed by atoms with Crippen LogP contribution in [0.1, 0.15) is 37.7 Å². The summed E-state index contributed by atoms with van der Waals surface area (Å²) in [4.78, 5) is 4.32. The van der Waals surface area contributed by atoms with E-state index in [2.05, 4.69) is 46.0 Å². The Morgan fingerprint density at radius 3 is 2.48 bits per heavy atom. The Labute approximate surface area is 145 Å². The molecule has 0 radical (unpaired) electrons. The molecule has 2 aliphatic rings. The Morgan fingerprint density at radius 1 is 1.19 bits per heavy atom. The van der Waals surface area contributed by atoms with Crippen molar-refractivity contribution in [2.24, 2.45) is 10.9 Å². The van der Waals surface area contributed by atoms with E-state index < -0.39 is 0 Å². The minimum Gasteiger partial charge on any atom is -0.356 e. The fraction of sp³-hybridized carbons (Fsp3) is 0.588. The van der Waals surface area contributed by atoms with Crippen molar-refractivity contribution in [3.05, 3.63) is 35.9 Å². The summed E-state index contributed by atoms with van der Waals surface area (Å²) >= 11 is 0. The van der Waals surface area contributed by atoms with Crippen molar-refractivity contribution in [3.8, 4) is 0 Å². The predicted octanol–water partition coefficient (Wildman–Crippen LogP) is 3.30. The van der Waals surface area contributed by atoms with Crippen LogP contribution in [0.15, 0.2) is 35.3 Å². The monoisotopic (exact) mass is 399 g/mol. The zero-order valence-corrected chi connectivity index (χ0v) is 15.1. The summed E-state index contributed by atoms with van der Waals surface area (Å²) in [5.74, 6) is 1.92. The van der Waals surface area contributed by atoms with Gasteiger partial charge in [-0.2, -0.15) is 0 Å². The maximum atomic E-state index is 4.32. The molecule has 0 amide bonds. The lowest BCUT2D eigenvalue weighted by molar-refractivity contribution is 0.634. The first-order valence-electron chi connectivity index (χ1n) is 7.82. The summed E-state index contributed by atoms with van der Waals surface area (Å²) in [7, 11) is 1.86. The van der Waals surface area contributed by atoms with Gasteiger partial charge in [-0.15, -0.1) is 24.0 Å². The number of guanidine groups is 1. The molecular weight excluding hydrogens is 373 g/mol. The number of hydrogen-bond acceptors (Lipinski definition) is 1. The molecule has 2 fully saturated rings. The van der Waals surface area contributed by atoms with Gasteiger partial charge in [0.15, 0.2) is 5.96 Å². The average Bonchev–Trinajstić information content (AvgIpc) is 3.38. The van der Waals surface area contributed by atoms with E-state index in [9.17, 15) is 0 Å². The molecule has 1 aromatic carbocycles. The zero-order valence-electron chi connectivity index (χ0n) is 12.8. The number of nitrogens with one attached hydrogen (secondary N) is 2. The highest BCUT2D eigenvalue weighted by molar-refractivity contribution is 14.0. The first-order valence-corrected chi connectivity index (χ1v) is 7.82. The van der Waals surface area contributed by atoms with Crippen LogP contribution >= 0.6 is 24.0 Å². The van der Waals surface area contributed by atoms with Gasteiger partial charge in [-0.25, -0.2) is 0 Å². The lowest BCUT2D eigenvalue weighted by atomic mass is 9.96. The normalized spacial score (nSPS) is 19.6. The molecule has 116 valence electrons. The Morgan fingerprint density at radius 2 is 1.90 bits per heavy atom. The third-order valence-corrected chi connectivity index (χ3v) is 4.60. The van der Waals surface area contributed by atoms with Crippen LogP contribution < -0.4 is 10.6 Å². The minimum absolute atomic E-state index is 0. The maximum absolute atomic E-state index is 4.32. The number of aliphatic imine (C=N–C) groups is 1. The van der Waals surface area contributed by atoms with E-state index in [1.165, 1.54) is 37.7 Å². The molecule has 4 heteroatoms. The Balaban J connectivity index is 0.00000161. The molecule has 0 bridgehead atoms. The molecular formula is C17H26IN3. The lowest BCUT2D eigenvalue weighted by Crippen LogP contribution is -2.41. The molecule has 0 aliphatic heterocycles. The summed E-state index contributed by atoms with van der Waals surface area (Å²) in [5, 5.41) is 6.94.